The molecule has 35 heavy (non-hydrogen) atoms. The van der Waals surface area contributed by atoms with Crippen LogP contribution in [0.4, 0.5) is 32.6 Å². The van der Waals surface area contributed by atoms with Gasteiger partial charge in [-0.25, -0.2) is 4.79 Å². The molecular weight excluding hydrogens is 524 g/mol. The highest BCUT2D eigenvalue weighted by molar-refractivity contribution is 8.45. The lowest BCUT2D eigenvalue weighted by atomic mass is 9.99. The number of nitrogens with zero attached hydrogens (tertiary/aromatic N) is 1. The summed E-state index contributed by atoms with van der Waals surface area (Å²) in [5.41, 5.74) is 2.90. The van der Waals surface area contributed by atoms with E-state index >= 15 is 0 Å². The number of hydrogen-bond acceptors (Lipinski definition) is 5. The summed E-state index contributed by atoms with van der Waals surface area (Å²) in [6.07, 6.45) is -8.41. The van der Waals surface area contributed by atoms with E-state index in [1.807, 2.05) is 0 Å². The van der Waals surface area contributed by atoms with Crippen LogP contribution in [0.5, 0.6) is 5.75 Å². The van der Waals surface area contributed by atoms with Crippen molar-refractivity contribution in [2.24, 2.45) is 10.9 Å². The Bertz CT molecular complexity index is 1080. The molecule has 1 heterocycles. The van der Waals surface area contributed by atoms with Crippen LogP contribution >= 0.6 is 10.2 Å². The number of amides is 1. The van der Waals surface area contributed by atoms with Gasteiger partial charge in [0.25, 0.3) is 5.91 Å². The number of carboxylic acid groups (broad SMARTS) is 1. The van der Waals surface area contributed by atoms with Gasteiger partial charge < -0.3 is 31.4 Å². The predicted octanol–water partition coefficient (Wildman–Crippen LogP) is 3.69. The topological polar surface area (TPSA) is 146 Å². The molecule has 0 saturated carbocycles. The number of guanidine groups is 1. The Balaban J connectivity index is 2.37. The largest absolute Gasteiger partial charge is 0.480 e. The van der Waals surface area contributed by atoms with Crippen molar-refractivity contribution in [1.29, 1.82) is 0 Å². The highest BCUT2D eigenvalue weighted by Gasteiger charge is 2.65. The molecular formula is C17H18F8N4O5S. The van der Waals surface area contributed by atoms with Gasteiger partial charge in [-0.15, -0.1) is 0 Å². The summed E-state index contributed by atoms with van der Waals surface area (Å²) in [5.74, 6) is -4.58. The normalized spacial score (nSPS) is 19.3. The van der Waals surface area contributed by atoms with Crippen LogP contribution in [0.25, 0.3) is 6.08 Å². The lowest BCUT2D eigenvalue weighted by Gasteiger charge is -2.41. The minimum Gasteiger partial charge on any atom is -0.480 e. The fourth-order valence-corrected chi connectivity index (χ4v) is 3.58. The summed E-state index contributed by atoms with van der Waals surface area (Å²) in [4.78, 5) is 21.5. The molecule has 0 aliphatic carbocycles. The van der Waals surface area contributed by atoms with Crippen LogP contribution in [0.1, 0.15) is 18.4 Å². The smallest absolute Gasteiger partial charge is 0.429 e. The third-order valence-electron chi connectivity index (χ3n) is 4.51. The van der Waals surface area contributed by atoms with Gasteiger partial charge in [-0.1, -0.05) is 24.6 Å². The van der Waals surface area contributed by atoms with Crippen molar-refractivity contribution in [2.45, 2.75) is 36.1 Å². The van der Waals surface area contributed by atoms with Gasteiger partial charge in [-0.3, -0.25) is 4.79 Å². The number of carbonyl (C=O) groups is 2. The Hall–Kier alpha value is -3.44. The molecule has 2 rings (SSSR count). The van der Waals surface area contributed by atoms with E-state index in [0.29, 0.717) is 0 Å². The van der Waals surface area contributed by atoms with Crippen molar-refractivity contribution in [1.82, 2.24) is 10.6 Å². The monoisotopic (exact) mass is 542 g/mol. The SMILES string of the molecule is NC(=NO)NCCCC(NC(=O)C1=Cc2cc(S(F)(F)(F)(F)F)ccc2O[C@@H]1C(F)(F)F)C(=O)O. The number of nitrogens with two attached hydrogens (primary N) is 1. The molecule has 0 fully saturated rings. The van der Waals surface area contributed by atoms with Crippen LogP contribution in [-0.2, 0) is 9.59 Å². The zero-order valence-corrected chi connectivity index (χ0v) is 18.0. The number of halogens is 8. The number of carboxylic acids is 1. The zero-order chi connectivity index (χ0) is 26.9. The van der Waals surface area contributed by atoms with Gasteiger partial charge in [0.1, 0.15) is 16.7 Å². The number of aliphatic carboxylic acids is 1. The van der Waals surface area contributed by atoms with Crippen molar-refractivity contribution in [2.75, 3.05) is 6.54 Å². The summed E-state index contributed by atoms with van der Waals surface area (Å²) in [6.45, 7) is -0.0585. The first-order chi connectivity index (χ1) is 15.7. The molecule has 6 N–H and O–H groups in total. The van der Waals surface area contributed by atoms with Crippen molar-refractivity contribution in [3.8, 4) is 5.75 Å². The number of alkyl halides is 3. The lowest BCUT2D eigenvalue weighted by molar-refractivity contribution is -0.185. The van der Waals surface area contributed by atoms with Crippen LogP contribution in [-0.4, -0.2) is 53.0 Å². The minimum absolute atomic E-state index is 0.0399. The molecule has 0 bridgehead atoms. The average Bonchev–Trinajstić information content (AvgIpc) is 2.71. The van der Waals surface area contributed by atoms with Crippen LogP contribution in [0.2, 0.25) is 0 Å². The van der Waals surface area contributed by atoms with Crippen LogP contribution in [0.15, 0.2) is 33.8 Å². The molecule has 0 spiro atoms. The van der Waals surface area contributed by atoms with E-state index in [4.69, 9.17) is 10.9 Å². The van der Waals surface area contributed by atoms with E-state index in [2.05, 4.69) is 15.2 Å². The minimum atomic E-state index is -10.2. The molecule has 18 heteroatoms. The Labute approximate surface area is 191 Å². The van der Waals surface area contributed by atoms with E-state index in [-0.39, 0.29) is 43.7 Å². The molecule has 0 radical (unpaired) electrons. The van der Waals surface area contributed by atoms with Crippen LogP contribution in [0, 0.1) is 0 Å². The summed E-state index contributed by atoms with van der Waals surface area (Å²) in [6, 6.07) is -1.80. The molecule has 1 aliphatic rings. The van der Waals surface area contributed by atoms with Crippen molar-refractivity contribution >= 4 is 34.1 Å². The van der Waals surface area contributed by atoms with Crippen molar-refractivity contribution in [3.63, 3.8) is 0 Å². The van der Waals surface area contributed by atoms with E-state index in [1.54, 1.807) is 5.32 Å². The lowest BCUT2D eigenvalue weighted by Crippen LogP contribution is -2.48. The molecule has 1 aliphatic heterocycles. The maximum Gasteiger partial charge on any atom is 0.429 e. The van der Waals surface area contributed by atoms with Gasteiger partial charge in [0.05, 0.1) is 5.57 Å². The third-order valence-corrected chi connectivity index (χ3v) is 5.66. The fraction of sp³-hybridized carbons (Fsp3) is 0.353. The third kappa shape index (κ3) is 7.27. The Morgan fingerprint density at radius 2 is 1.83 bits per heavy atom. The molecule has 9 nitrogen and oxygen atoms in total. The van der Waals surface area contributed by atoms with Crippen molar-refractivity contribution in [3.05, 3.63) is 29.3 Å². The molecule has 2 atom stereocenters. The first-order valence-corrected chi connectivity index (χ1v) is 11.3. The van der Waals surface area contributed by atoms with Crippen LogP contribution < -0.4 is 21.1 Å². The maximum absolute atomic E-state index is 13.5. The first kappa shape index (κ1) is 27.8. The number of nitrogens with one attached hydrogen (secondary N) is 2. The van der Waals surface area contributed by atoms with Gasteiger partial charge >= 0.3 is 22.4 Å². The second kappa shape index (κ2) is 8.65. The number of rotatable bonds is 8. The summed E-state index contributed by atoms with van der Waals surface area (Å²) >= 11 is 0. The van der Waals surface area contributed by atoms with Gasteiger partial charge in [0, 0.05) is 12.1 Å². The van der Waals surface area contributed by atoms with Gasteiger partial charge in [-0.05, 0) is 37.1 Å². The molecule has 1 amide bonds. The number of benzene rings is 1. The second-order valence-electron chi connectivity index (χ2n) is 7.23. The number of hydrogen-bond donors (Lipinski definition) is 5. The van der Waals surface area contributed by atoms with Gasteiger partial charge in [0.15, 0.2) is 0 Å². The zero-order valence-electron chi connectivity index (χ0n) is 17.2. The van der Waals surface area contributed by atoms with Gasteiger partial charge in [0.2, 0.25) is 12.1 Å². The molecule has 1 unspecified atom stereocenters. The second-order valence-corrected chi connectivity index (χ2v) is 9.64. The van der Waals surface area contributed by atoms with E-state index in [9.17, 15) is 47.3 Å². The molecule has 0 saturated heterocycles. The standard InChI is InChI=1S/C17H18F8N4O5S/c18-17(19,20)13-10(14(30)28-11(15(31)32)2-1-5-27-16(26)29-33)7-8-6-9(3-4-12(8)34-13)35(21,22,23,24)25/h3-4,6-7,11,13,33H,1-2,5H2,(H,28,30)(H,31,32)(H3,26,27,29)/t11?,13-/m0/s1. The highest BCUT2D eigenvalue weighted by atomic mass is 32.5. The summed E-state index contributed by atoms with van der Waals surface area (Å²) < 4.78 is 111. The molecule has 1 aromatic carbocycles. The maximum atomic E-state index is 13.5. The Kier molecular flexibility index (Phi) is 6.87. The Morgan fingerprint density at radius 1 is 1.20 bits per heavy atom. The highest BCUT2D eigenvalue weighted by Crippen LogP contribution is 3.02. The molecule has 1 aromatic rings. The van der Waals surface area contributed by atoms with E-state index < -0.39 is 68.2 Å². The van der Waals surface area contributed by atoms with E-state index in [1.165, 1.54) is 0 Å². The van der Waals surface area contributed by atoms with Gasteiger partial charge in [-0.2, -0.15) is 13.2 Å². The fourth-order valence-electron chi connectivity index (χ4n) is 2.90. The number of fused-ring (bicyclic) bond motifs is 1. The van der Waals surface area contributed by atoms with Crippen molar-refractivity contribution < 1.29 is 57.2 Å². The average molecular weight is 542 g/mol. The summed E-state index contributed by atoms with van der Waals surface area (Å²) in [7, 11) is -10.2. The van der Waals surface area contributed by atoms with E-state index in [0.717, 1.165) is 0 Å². The van der Waals surface area contributed by atoms with Crippen LogP contribution in [0.3, 0.4) is 0 Å². The predicted molar refractivity (Wildman–Crippen MR) is 106 cm³/mol. The Morgan fingerprint density at radius 3 is 2.34 bits per heavy atom. The number of ether oxygens (including phenoxy) is 1. The number of oxime groups is 1. The molecule has 198 valence electrons. The molecule has 0 aromatic heterocycles. The summed E-state index contributed by atoms with van der Waals surface area (Å²) in [5, 5.41) is 24.3. The quantitative estimate of drug-likeness (QED) is 0.0841. The number of carbonyl (C=O) groups excluding carboxylic acids is 1. The first-order valence-electron chi connectivity index (χ1n) is 9.31.